The Morgan fingerprint density at radius 1 is 1.10 bits per heavy atom. The number of rotatable bonds is 3. The van der Waals surface area contributed by atoms with E-state index in [-0.39, 0.29) is 5.75 Å². The monoisotopic (exact) mass is 377 g/mol. The normalized spacial score (nSPS) is 13.1. The first-order valence-electron chi connectivity index (χ1n) is 5.87. The van der Waals surface area contributed by atoms with Crippen LogP contribution in [-0.2, 0) is 22.7 Å². The van der Waals surface area contributed by atoms with E-state index in [1.165, 1.54) is 12.1 Å². The zero-order valence-corrected chi connectivity index (χ0v) is 13.1. The average molecular weight is 378 g/mol. The highest BCUT2D eigenvalue weighted by Gasteiger charge is 2.29. The maximum atomic E-state index is 12.5. The Bertz CT molecular complexity index is 671. The Hall–Kier alpha value is -1.34. The lowest BCUT2D eigenvalue weighted by molar-refractivity contribution is -0.137. The second-order valence-electron chi connectivity index (χ2n) is 4.37. The van der Waals surface area contributed by atoms with Gasteiger partial charge < -0.3 is 5.73 Å². The lowest BCUT2D eigenvalue weighted by atomic mass is 10.1. The Kier molecular flexibility index (Phi) is 4.73. The van der Waals surface area contributed by atoms with Crippen LogP contribution < -0.4 is 5.73 Å². The van der Waals surface area contributed by atoms with Crippen molar-refractivity contribution in [2.75, 3.05) is 5.73 Å². The predicted octanol–water partition coefficient (Wildman–Crippen LogP) is 4.36. The van der Waals surface area contributed by atoms with Crippen molar-refractivity contribution < 1.29 is 17.4 Å². The van der Waals surface area contributed by atoms with E-state index in [2.05, 4.69) is 15.9 Å². The van der Waals surface area contributed by atoms with Crippen LogP contribution in [0.2, 0.25) is 0 Å². The van der Waals surface area contributed by atoms with Crippen LogP contribution in [0.4, 0.5) is 18.9 Å². The summed E-state index contributed by atoms with van der Waals surface area (Å²) in [5.41, 5.74) is 5.99. The van der Waals surface area contributed by atoms with Crippen molar-refractivity contribution in [2.45, 2.75) is 16.8 Å². The fourth-order valence-corrected chi connectivity index (χ4v) is 3.48. The molecule has 0 bridgehead atoms. The van der Waals surface area contributed by atoms with Crippen LogP contribution in [0.15, 0.2) is 51.8 Å². The summed E-state index contributed by atoms with van der Waals surface area (Å²) in [4.78, 5) is 0.462. The molecule has 0 heterocycles. The molecule has 0 amide bonds. The minimum absolute atomic E-state index is 0.110. The Labute approximate surface area is 130 Å². The first kappa shape index (κ1) is 16.0. The number of benzene rings is 2. The van der Waals surface area contributed by atoms with Gasteiger partial charge in [0.15, 0.2) is 0 Å². The second-order valence-corrected chi connectivity index (χ2v) is 6.70. The average Bonchev–Trinajstić information content (AvgIpc) is 2.41. The second kappa shape index (κ2) is 6.19. The van der Waals surface area contributed by atoms with Crippen molar-refractivity contribution in [3.8, 4) is 0 Å². The maximum Gasteiger partial charge on any atom is 0.416 e. The minimum atomic E-state index is -4.37. The van der Waals surface area contributed by atoms with Crippen LogP contribution >= 0.6 is 15.9 Å². The molecular weight excluding hydrogens is 367 g/mol. The summed E-state index contributed by atoms with van der Waals surface area (Å²) in [6, 6.07) is 9.63. The fraction of sp³-hybridized carbons (Fsp3) is 0.143. The molecule has 0 saturated heterocycles. The lowest BCUT2D eigenvalue weighted by Gasteiger charge is -2.09. The van der Waals surface area contributed by atoms with E-state index in [0.717, 1.165) is 16.6 Å². The molecule has 0 radical (unpaired) electrons. The van der Waals surface area contributed by atoms with Crippen LogP contribution in [-0.4, -0.2) is 4.21 Å². The molecule has 2 aromatic carbocycles. The molecule has 0 saturated carbocycles. The van der Waals surface area contributed by atoms with Gasteiger partial charge in [0, 0.05) is 10.2 Å². The third-order valence-corrected chi connectivity index (χ3v) is 4.73. The van der Waals surface area contributed by atoms with Gasteiger partial charge in [0.2, 0.25) is 0 Å². The molecule has 0 aliphatic rings. The molecular formula is C14H11BrF3NOS. The zero-order chi connectivity index (χ0) is 15.6. The van der Waals surface area contributed by atoms with E-state index in [1.54, 1.807) is 18.2 Å². The van der Waals surface area contributed by atoms with E-state index in [9.17, 15) is 17.4 Å². The van der Waals surface area contributed by atoms with Crippen LogP contribution in [0.5, 0.6) is 0 Å². The van der Waals surface area contributed by atoms with E-state index in [0.29, 0.717) is 16.1 Å². The molecule has 2 N–H and O–H groups in total. The van der Waals surface area contributed by atoms with E-state index in [4.69, 9.17) is 5.73 Å². The zero-order valence-electron chi connectivity index (χ0n) is 10.7. The predicted molar refractivity (Wildman–Crippen MR) is 80.1 cm³/mol. The Balaban J connectivity index is 2.18. The molecule has 1 atom stereocenters. The molecule has 0 spiro atoms. The Morgan fingerprint density at radius 3 is 2.29 bits per heavy atom. The molecule has 1 unspecified atom stereocenters. The number of halogens is 4. The van der Waals surface area contributed by atoms with E-state index in [1.807, 2.05) is 0 Å². The molecule has 21 heavy (non-hydrogen) atoms. The van der Waals surface area contributed by atoms with Gasteiger partial charge in [-0.3, -0.25) is 4.21 Å². The SMILES string of the molecule is Nc1ccc(Br)cc1S(=O)Cc1ccc(C(F)(F)F)cc1. The van der Waals surface area contributed by atoms with Gasteiger partial charge in [-0.05, 0) is 35.9 Å². The van der Waals surface area contributed by atoms with Crippen molar-refractivity contribution in [3.63, 3.8) is 0 Å². The molecule has 2 nitrogen and oxygen atoms in total. The molecule has 112 valence electrons. The van der Waals surface area contributed by atoms with Gasteiger partial charge in [0.05, 0.1) is 27.0 Å². The molecule has 2 rings (SSSR count). The summed E-state index contributed by atoms with van der Waals surface area (Å²) in [5.74, 6) is 0.110. The van der Waals surface area contributed by atoms with Crippen molar-refractivity contribution in [2.24, 2.45) is 0 Å². The van der Waals surface area contributed by atoms with Crippen LogP contribution in [0, 0.1) is 0 Å². The van der Waals surface area contributed by atoms with Crippen LogP contribution in [0.1, 0.15) is 11.1 Å². The van der Waals surface area contributed by atoms with Gasteiger partial charge in [0.25, 0.3) is 0 Å². The highest BCUT2D eigenvalue weighted by Crippen LogP contribution is 2.29. The van der Waals surface area contributed by atoms with Gasteiger partial charge in [0.1, 0.15) is 0 Å². The van der Waals surface area contributed by atoms with Crippen LogP contribution in [0.3, 0.4) is 0 Å². The van der Waals surface area contributed by atoms with Gasteiger partial charge in [-0.25, -0.2) is 0 Å². The molecule has 2 aromatic rings. The summed E-state index contributed by atoms with van der Waals surface area (Å²) in [6.07, 6.45) is -4.37. The summed E-state index contributed by atoms with van der Waals surface area (Å²) in [7, 11) is -1.42. The molecule has 0 aromatic heterocycles. The maximum absolute atomic E-state index is 12.5. The first-order chi connectivity index (χ1) is 9.77. The summed E-state index contributed by atoms with van der Waals surface area (Å²) < 4.78 is 50.4. The van der Waals surface area contributed by atoms with Gasteiger partial charge >= 0.3 is 6.18 Å². The van der Waals surface area contributed by atoms with Crippen molar-refractivity contribution in [1.82, 2.24) is 0 Å². The number of nitrogens with two attached hydrogens (primary N) is 1. The van der Waals surface area contributed by atoms with Crippen molar-refractivity contribution >= 4 is 32.4 Å². The van der Waals surface area contributed by atoms with Crippen LogP contribution in [0.25, 0.3) is 0 Å². The molecule has 7 heteroatoms. The number of hydrogen-bond donors (Lipinski definition) is 1. The smallest absolute Gasteiger partial charge is 0.398 e. The molecule has 0 aliphatic carbocycles. The largest absolute Gasteiger partial charge is 0.416 e. The highest BCUT2D eigenvalue weighted by atomic mass is 79.9. The van der Waals surface area contributed by atoms with Crippen molar-refractivity contribution in [1.29, 1.82) is 0 Å². The summed E-state index contributed by atoms with van der Waals surface area (Å²) >= 11 is 3.27. The Morgan fingerprint density at radius 2 is 1.71 bits per heavy atom. The standard InChI is InChI=1S/C14H11BrF3NOS/c15-11-5-6-12(19)13(7-11)21(20)8-9-1-3-10(4-2-9)14(16,17)18/h1-7H,8,19H2. The van der Waals surface area contributed by atoms with E-state index < -0.39 is 22.5 Å². The highest BCUT2D eigenvalue weighted by molar-refractivity contribution is 9.10. The number of anilines is 1. The minimum Gasteiger partial charge on any atom is -0.398 e. The quantitative estimate of drug-likeness (QED) is 0.807. The lowest BCUT2D eigenvalue weighted by Crippen LogP contribution is -2.05. The molecule has 0 aliphatic heterocycles. The van der Waals surface area contributed by atoms with Crippen molar-refractivity contribution in [3.05, 3.63) is 58.1 Å². The van der Waals surface area contributed by atoms with Gasteiger partial charge in [-0.2, -0.15) is 13.2 Å². The number of nitrogen functional groups attached to an aromatic ring is 1. The topological polar surface area (TPSA) is 43.1 Å². The summed E-state index contributed by atoms with van der Waals surface area (Å²) in [6.45, 7) is 0. The number of alkyl halides is 3. The fourth-order valence-electron chi connectivity index (χ4n) is 1.72. The third-order valence-electron chi connectivity index (χ3n) is 2.80. The molecule has 0 fully saturated rings. The first-order valence-corrected chi connectivity index (χ1v) is 7.98. The number of hydrogen-bond acceptors (Lipinski definition) is 2. The van der Waals surface area contributed by atoms with Gasteiger partial charge in [-0.1, -0.05) is 28.1 Å². The van der Waals surface area contributed by atoms with E-state index >= 15 is 0 Å². The summed E-state index contributed by atoms with van der Waals surface area (Å²) in [5, 5.41) is 0. The third kappa shape index (κ3) is 4.07. The van der Waals surface area contributed by atoms with Gasteiger partial charge in [-0.15, -0.1) is 0 Å².